The van der Waals surface area contributed by atoms with Crippen LogP contribution >= 0.6 is 0 Å². The van der Waals surface area contributed by atoms with E-state index >= 15 is 0 Å². The summed E-state index contributed by atoms with van der Waals surface area (Å²) in [4.78, 5) is 4.43. The van der Waals surface area contributed by atoms with E-state index in [-0.39, 0.29) is 6.04 Å². The molecule has 3 nitrogen and oxygen atoms in total. The van der Waals surface area contributed by atoms with Gasteiger partial charge in [-0.1, -0.05) is 51.0 Å². The lowest BCUT2D eigenvalue weighted by atomic mass is 9.65. The number of pyridine rings is 1. The van der Waals surface area contributed by atoms with Crippen LogP contribution in [0.3, 0.4) is 0 Å². The molecule has 21 heavy (non-hydrogen) atoms. The van der Waals surface area contributed by atoms with Crippen molar-refractivity contribution < 1.29 is 0 Å². The van der Waals surface area contributed by atoms with Crippen molar-refractivity contribution in [2.45, 2.75) is 45.6 Å². The normalized spacial score (nSPS) is 23.1. The molecule has 0 bridgehead atoms. The van der Waals surface area contributed by atoms with Gasteiger partial charge in [-0.15, -0.1) is 0 Å². The summed E-state index contributed by atoms with van der Waals surface area (Å²) in [5.74, 6) is 6.52. The van der Waals surface area contributed by atoms with E-state index < -0.39 is 0 Å². The van der Waals surface area contributed by atoms with Crippen LogP contribution in [0.15, 0.2) is 36.7 Å². The highest BCUT2D eigenvalue weighted by Gasteiger charge is 2.38. The fraction of sp³-hybridized carbons (Fsp3) is 0.500. The quantitative estimate of drug-likeness (QED) is 0.662. The maximum Gasteiger partial charge on any atom is 0.0514 e. The van der Waals surface area contributed by atoms with E-state index in [4.69, 9.17) is 5.84 Å². The van der Waals surface area contributed by atoms with E-state index in [1.165, 1.54) is 42.0 Å². The number of nitrogens with zero attached hydrogens (tertiary/aromatic N) is 1. The summed E-state index contributed by atoms with van der Waals surface area (Å²) in [5.41, 5.74) is 4.64. The standard InChI is InChI=1S/C18H25N3/c1-18(2)10-6-5-9-16(18)17(21-19)15-12-20-11-13-7-3-4-8-14(13)15/h3-4,7-8,11-12,16-17,21H,5-6,9-10,19H2,1-2H3. The molecule has 2 atom stereocenters. The zero-order valence-corrected chi connectivity index (χ0v) is 13.0. The third-order valence-electron chi connectivity index (χ3n) is 5.21. The maximum absolute atomic E-state index is 5.97. The van der Waals surface area contributed by atoms with Gasteiger partial charge in [-0.25, -0.2) is 0 Å². The minimum atomic E-state index is 0.166. The molecule has 3 N–H and O–H groups in total. The van der Waals surface area contributed by atoms with Crippen LogP contribution in [-0.4, -0.2) is 4.98 Å². The smallest absolute Gasteiger partial charge is 0.0514 e. The average molecular weight is 283 g/mol. The van der Waals surface area contributed by atoms with Crippen molar-refractivity contribution in [1.82, 2.24) is 10.4 Å². The molecule has 1 fully saturated rings. The van der Waals surface area contributed by atoms with E-state index in [9.17, 15) is 0 Å². The van der Waals surface area contributed by atoms with Gasteiger partial charge in [-0.2, -0.15) is 0 Å². The lowest BCUT2D eigenvalue weighted by Gasteiger charge is -2.43. The predicted molar refractivity (Wildman–Crippen MR) is 87.5 cm³/mol. The van der Waals surface area contributed by atoms with Crippen molar-refractivity contribution in [2.24, 2.45) is 17.2 Å². The van der Waals surface area contributed by atoms with Gasteiger partial charge in [0.05, 0.1) is 6.04 Å². The number of aromatic nitrogens is 1. The SMILES string of the molecule is CC1(C)CCCCC1C(NN)c1cncc2ccccc12. The molecule has 0 spiro atoms. The molecule has 1 aromatic heterocycles. The third-order valence-corrected chi connectivity index (χ3v) is 5.21. The van der Waals surface area contributed by atoms with Crippen LogP contribution in [0.25, 0.3) is 10.8 Å². The monoisotopic (exact) mass is 283 g/mol. The Kier molecular flexibility index (Phi) is 3.96. The van der Waals surface area contributed by atoms with Crippen molar-refractivity contribution in [2.75, 3.05) is 0 Å². The molecule has 112 valence electrons. The second kappa shape index (κ2) is 5.74. The Morgan fingerprint density at radius 1 is 1.24 bits per heavy atom. The Balaban J connectivity index is 2.06. The minimum absolute atomic E-state index is 0.166. The van der Waals surface area contributed by atoms with Gasteiger partial charge in [-0.3, -0.25) is 16.3 Å². The zero-order valence-electron chi connectivity index (χ0n) is 13.0. The van der Waals surface area contributed by atoms with Crippen molar-refractivity contribution in [1.29, 1.82) is 0 Å². The molecule has 0 aliphatic heterocycles. The van der Waals surface area contributed by atoms with E-state index in [0.29, 0.717) is 11.3 Å². The molecule has 3 rings (SSSR count). The Bertz CT molecular complexity index is 615. The fourth-order valence-electron chi connectivity index (χ4n) is 3.95. The molecule has 0 amide bonds. The Morgan fingerprint density at radius 2 is 2.05 bits per heavy atom. The summed E-state index contributed by atoms with van der Waals surface area (Å²) in [5, 5.41) is 2.45. The zero-order chi connectivity index (χ0) is 14.9. The van der Waals surface area contributed by atoms with Crippen molar-refractivity contribution >= 4 is 10.8 Å². The summed E-state index contributed by atoms with van der Waals surface area (Å²) < 4.78 is 0. The molecule has 1 aliphatic rings. The van der Waals surface area contributed by atoms with Crippen LogP contribution in [0.4, 0.5) is 0 Å². The lowest BCUT2D eigenvalue weighted by Crippen LogP contribution is -2.41. The average Bonchev–Trinajstić information content (AvgIpc) is 2.49. The topological polar surface area (TPSA) is 50.9 Å². The van der Waals surface area contributed by atoms with Crippen LogP contribution in [0.2, 0.25) is 0 Å². The highest BCUT2D eigenvalue weighted by Crippen LogP contribution is 2.47. The van der Waals surface area contributed by atoms with Crippen LogP contribution < -0.4 is 11.3 Å². The van der Waals surface area contributed by atoms with Gasteiger partial charge in [0.2, 0.25) is 0 Å². The Morgan fingerprint density at radius 3 is 2.81 bits per heavy atom. The summed E-state index contributed by atoms with van der Waals surface area (Å²) in [6.45, 7) is 4.75. The van der Waals surface area contributed by atoms with Crippen LogP contribution in [0.5, 0.6) is 0 Å². The highest BCUT2D eigenvalue weighted by atomic mass is 15.2. The second-order valence-electron chi connectivity index (χ2n) is 6.94. The number of hydrogen-bond acceptors (Lipinski definition) is 3. The van der Waals surface area contributed by atoms with Gasteiger partial charge in [0.25, 0.3) is 0 Å². The number of nitrogens with one attached hydrogen (secondary N) is 1. The third kappa shape index (κ3) is 2.68. The summed E-state index contributed by atoms with van der Waals surface area (Å²) in [6, 6.07) is 8.60. The van der Waals surface area contributed by atoms with Gasteiger partial charge in [0, 0.05) is 17.8 Å². The molecular formula is C18H25N3. The van der Waals surface area contributed by atoms with Gasteiger partial charge >= 0.3 is 0 Å². The molecule has 1 aromatic carbocycles. The molecule has 1 aliphatic carbocycles. The Labute approximate surface area is 126 Å². The number of hydrogen-bond donors (Lipinski definition) is 2. The summed E-state index contributed by atoms with van der Waals surface area (Å²) in [7, 11) is 0. The molecule has 0 saturated heterocycles. The molecule has 2 aromatic rings. The number of hydrazine groups is 1. The van der Waals surface area contributed by atoms with Crippen LogP contribution in [-0.2, 0) is 0 Å². The largest absolute Gasteiger partial charge is 0.271 e. The first kappa shape index (κ1) is 14.5. The fourth-order valence-corrected chi connectivity index (χ4v) is 3.95. The number of nitrogens with two attached hydrogens (primary N) is 1. The molecule has 3 heteroatoms. The first-order valence-corrected chi connectivity index (χ1v) is 7.92. The molecule has 1 heterocycles. The van der Waals surface area contributed by atoms with Gasteiger partial charge in [-0.05, 0) is 35.1 Å². The Hall–Kier alpha value is -1.45. The summed E-state index contributed by atoms with van der Waals surface area (Å²) in [6.07, 6.45) is 9.04. The second-order valence-corrected chi connectivity index (χ2v) is 6.94. The van der Waals surface area contributed by atoms with Crippen molar-refractivity contribution in [3.63, 3.8) is 0 Å². The molecule has 2 unspecified atom stereocenters. The number of fused-ring (bicyclic) bond motifs is 1. The molecule has 1 saturated carbocycles. The van der Waals surface area contributed by atoms with E-state index in [0.717, 1.165) is 0 Å². The highest BCUT2D eigenvalue weighted by molar-refractivity contribution is 5.85. The minimum Gasteiger partial charge on any atom is -0.271 e. The van der Waals surface area contributed by atoms with Gasteiger partial charge in [0.15, 0.2) is 0 Å². The first-order valence-electron chi connectivity index (χ1n) is 7.92. The van der Waals surface area contributed by atoms with Crippen LogP contribution in [0, 0.1) is 11.3 Å². The van der Waals surface area contributed by atoms with E-state index in [1.807, 2.05) is 12.4 Å². The van der Waals surface area contributed by atoms with Crippen LogP contribution in [0.1, 0.15) is 51.1 Å². The first-order chi connectivity index (χ1) is 10.1. The maximum atomic E-state index is 5.97. The van der Waals surface area contributed by atoms with Crippen molar-refractivity contribution in [3.05, 3.63) is 42.2 Å². The summed E-state index contributed by atoms with van der Waals surface area (Å²) >= 11 is 0. The van der Waals surface area contributed by atoms with Crippen molar-refractivity contribution in [3.8, 4) is 0 Å². The predicted octanol–water partition coefficient (Wildman–Crippen LogP) is 3.96. The number of benzene rings is 1. The molecule has 0 radical (unpaired) electrons. The molecular weight excluding hydrogens is 258 g/mol. The van der Waals surface area contributed by atoms with Gasteiger partial charge in [0.1, 0.15) is 0 Å². The van der Waals surface area contributed by atoms with E-state index in [1.54, 1.807) is 0 Å². The van der Waals surface area contributed by atoms with Gasteiger partial charge < -0.3 is 0 Å². The lowest BCUT2D eigenvalue weighted by molar-refractivity contribution is 0.0986. The number of rotatable bonds is 3. The van der Waals surface area contributed by atoms with E-state index in [2.05, 4.69) is 48.5 Å².